The van der Waals surface area contributed by atoms with Gasteiger partial charge in [0.2, 0.25) is 5.91 Å². The second kappa shape index (κ2) is 6.03. The number of halogens is 2. The number of hydrogen-bond acceptors (Lipinski definition) is 3. The van der Waals surface area contributed by atoms with Crippen molar-refractivity contribution in [2.75, 3.05) is 11.1 Å². The number of carbonyl (C=O) groups excluding carboxylic acids is 2. The number of rotatable bonds is 3. The molecule has 2 rings (SSSR count). The highest BCUT2D eigenvalue weighted by Crippen LogP contribution is 2.29. The highest BCUT2D eigenvalue weighted by molar-refractivity contribution is 6.39. The molecule has 2 aromatic rings. The van der Waals surface area contributed by atoms with E-state index in [9.17, 15) is 9.59 Å². The van der Waals surface area contributed by atoms with E-state index in [1.807, 2.05) is 0 Å². The Labute approximate surface area is 130 Å². The average Bonchev–Trinajstić information content (AvgIpc) is 2.44. The summed E-state index contributed by atoms with van der Waals surface area (Å²) in [5, 5.41) is 3.01. The van der Waals surface area contributed by atoms with Crippen LogP contribution in [0.1, 0.15) is 20.7 Å². The maximum atomic E-state index is 12.1. The van der Waals surface area contributed by atoms with Gasteiger partial charge in [0.25, 0.3) is 5.91 Å². The number of amides is 2. The molecule has 5 nitrogen and oxygen atoms in total. The van der Waals surface area contributed by atoms with Crippen LogP contribution in [-0.2, 0) is 0 Å². The normalized spacial score (nSPS) is 10.2. The molecule has 0 aromatic heterocycles. The summed E-state index contributed by atoms with van der Waals surface area (Å²) in [7, 11) is 0. The van der Waals surface area contributed by atoms with Gasteiger partial charge in [-0.05, 0) is 30.3 Å². The van der Waals surface area contributed by atoms with Crippen LogP contribution in [0, 0.1) is 0 Å². The van der Waals surface area contributed by atoms with E-state index in [1.54, 1.807) is 18.2 Å². The molecule has 0 aliphatic heterocycles. The van der Waals surface area contributed by atoms with Gasteiger partial charge < -0.3 is 16.8 Å². The molecule has 0 spiro atoms. The van der Waals surface area contributed by atoms with Crippen molar-refractivity contribution in [2.45, 2.75) is 0 Å². The monoisotopic (exact) mass is 323 g/mol. The second-order valence-corrected chi connectivity index (χ2v) is 5.07. The number of nitrogen functional groups attached to an aromatic ring is 1. The van der Waals surface area contributed by atoms with Crippen molar-refractivity contribution in [3.63, 3.8) is 0 Å². The molecule has 21 heavy (non-hydrogen) atoms. The zero-order valence-electron chi connectivity index (χ0n) is 10.7. The lowest BCUT2D eigenvalue weighted by atomic mass is 10.1. The molecule has 0 heterocycles. The fourth-order valence-corrected chi connectivity index (χ4v) is 2.16. The average molecular weight is 324 g/mol. The van der Waals surface area contributed by atoms with Gasteiger partial charge in [-0.15, -0.1) is 0 Å². The van der Waals surface area contributed by atoms with Crippen molar-refractivity contribution >= 4 is 46.4 Å². The molecule has 0 aliphatic rings. The first kappa shape index (κ1) is 15.2. The van der Waals surface area contributed by atoms with Gasteiger partial charge in [0.15, 0.2) is 0 Å². The Morgan fingerprint density at radius 3 is 2.19 bits per heavy atom. The third kappa shape index (κ3) is 3.45. The molecular weight excluding hydrogens is 313 g/mol. The molecular formula is C14H11Cl2N3O2. The Bertz CT molecular complexity index is 709. The summed E-state index contributed by atoms with van der Waals surface area (Å²) < 4.78 is 0. The third-order valence-corrected chi connectivity index (χ3v) is 3.37. The van der Waals surface area contributed by atoms with E-state index in [4.69, 9.17) is 34.7 Å². The highest BCUT2D eigenvalue weighted by atomic mass is 35.5. The molecule has 0 saturated heterocycles. The van der Waals surface area contributed by atoms with E-state index in [0.29, 0.717) is 11.3 Å². The third-order valence-electron chi connectivity index (χ3n) is 2.75. The minimum Gasteiger partial charge on any atom is -0.396 e. The van der Waals surface area contributed by atoms with Crippen LogP contribution in [0.2, 0.25) is 10.0 Å². The molecule has 0 fully saturated rings. The van der Waals surface area contributed by atoms with Crippen molar-refractivity contribution in [2.24, 2.45) is 5.73 Å². The summed E-state index contributed by atoms with van der Waals surface area (Å²) in [6.07, 6.45) is 0. The minimum atomic E-state index is -0.579. The Hall–Kier alpha value is -2.24. The summed E-state index contributed by atoms with van der Waals surface area (Å²) in [5.74, 6) is -1.01. The van der Waals surface area contributed by atoms with Gasteiger partial charge in [-0.2, -0.15) is 0 Å². The van der Waals surface area contributed by atoms with E-state index in [1.165, 1.54) is 18.2 Å². The predicted octanol–water partition coefficient (Wildman–Crippen LogP) is 2.93. The van der Waals surface area contributed by atoms with Crippen LogP contribution in [-0.4, -0.2) is 11.8 Å². The number of anilines is 2. The fraction of sp³-hybridized carbons (Fsp3) is 0. The largest absolute Gasteiger partial charge is 0.396 e. The first-order valence-corrected chi connectivity index (χ1v) is 6.60. The van der Waals surface area contributed by atoms with Crippen LogP contribution in [0.25, 0.3) is 0 Å². The van der Waals surface area contributed by atoms with Crippen molar-refractivity contribution in [1.82, 2.24) is 0 Å². The van der Waals surface area contributed by atoms with Gasteiger partial charge in [-0.3, -0.25) is 9.59 Å². The van der Waals surface area contributed by atoms with Crippen LogP contribution in [0.15, 0.2) is 36.4 Å². The molecule has 0 radical (unpaired) electrons. The Balaban J connectivity index is 2.26. The van der Waals surface area contributed by atoms with E-state index >= 15 is 0 Å². The molecule has 7 heteroatoms. The van der Waals surface area contributed by atoms with Crippen molar-refractivity contribution in [3.8, 4) is 0 Å². The van der Waals surface area contributed by atoms with E-state index < -0.39 is 11.8 Å². The van der Waals surface area contributed by atoms with Gasteiger partial charge in [-0.25, -0.2) is 0 Å². The maximum absolute atomic E-state index is 12.1. The van der Waals surface area contributed by atoms with Gasteiger partial charge in [0.05, 0.1) is 15.7 Å². The first-order chi connectivity index (χ1) is 9.88. The molecule has 0 bridgehead atoms. The van der Waals surface area contributed by atoms with Crippen LogP contribution in [0.4, 0.5) is 11.4 Å². The van der Waals surface area contributed by atoms with Crippen molar-refractivity contribution in [1.29, 1.82) is 0 Å². The van der Waals surface area contributed by atoms with Gasteiger partial charge in [0.1, 0.15) is 0 Å². The first-order valence-electron chi connectivity index (χ1n) is 5.84. The number of primary amides is 1. The highest BCUT2D eigenvalue weighted by Gasteiger charge is 2.12. The lowest BCUT2D eigenvalue weighted by molar-refractivity contribution is 0.0996. The Kier molecular flexibility index (Phi) is 4.35. The summed E-state index contributed by atoms with van der Waals surface area (Å²) in [5.41, 5.74) is 12.0. The van der Waals surface area contributed by atoms with Crippen LogP contribution in [0.5, 0.6) is 0 Å². The number of nitrogens with one attached hydrogen (secondary N) is 1. The summed E-state index contributed by atoms with van der Waals surface area (Å²) >= 11 is 11.8. The zero-order valence-corrected chi connectivity index (χ0v) is 12.2. The molecule has 0 aliphatic carbocycles. The van der Waals surface area contributed by atoms with E-state index in [0.717, 1.165) is 0 Å². The summed E-state index contributed by atoms with van der Waals surface area (Å²) in [4.78, 5) is 23.2. The van der Waals surface area contributed by atoms with E-state index in [-0.39, 0.29) is 21.3 Å². The number of hydrogen-bond donors (Lipinski definition) is 3. The number of benzene rings is 2. The summed E-state index contributed by atoms with van der Waals surface area (Å²) in [6.45, 7) is 0. The standard InChI is InChI=1S/C14H11Cl2N3O2/c15-10-5-8(6-11(16)12(10)17)14(21)19-9-3-1-2-7(4-9)13(18)20/h1-6H,17H2,(H2,18,20)(H,19,21). The smallest absolute Gasteiger partial charge is 0.255 e. The molecule has 2 amide bonds. The number of carbonyl (C=O) groups is 2. The quantitative estimate of drug-likeness (QED) is 0.757. The number of nitrogens with two attached hydrogens (primary N) is 2. The van der Waals surface area contributed by atoms with Crippen LogP contribution < -0.4 is 16.8 Å². The van der Waals surface area contributed by atoms with Gasteiger partial charge in [0, 0.05) is 16.8 Å². The Morgan fingerprint density at radius 2 is 1.62 bits per heavy atom. The molecule has 0 atom stereocenters. The Morgan fingerprint density at radius 1 is 1.00 bits per heavy atom. The maximum Gasteiger partial charge on any atom is 0.255 e. The molecule has 0 saturated carbocycles. The van der Waals surface area contributed by atoms with Crippen LogP contribution >= 0.6 is 23.2 Å². The van der Waals surface area contributed by atoms with Crippen molar-refractivity contribution in [3.05, 3.63) is 57.6 Å². The van der Waals surface area contributed by atoms with Gasteiger partial charge in [-0.1, -0.05) is 29.3 Å². The molecule has 108 valence electrons. The minimum absolute atomic E-state index is 0.193. The lowest BCUT2D eigenvalue weighted by Gasteiger charge is -2.08. The zero-order chi connectivity index (χ0) is 15.6. The second-order valence-electron chi connectivity index (χ2n) is 4.25. The SMILES string of the molecule is NC(=O)c1cccc(NC(=O)c2cc(Cl)c(N)c(Cl)c2)c1. The van der Waals surface area contributed by atoms with Crippen LogP contribution in [0.3, 0.4) is 0 Å². The predicted molar refractivity (Wildman–Crippen MR) is 83.8 cm³/mol. The van der Waals surface area contributed by atoms with Gasteiger partial charge >= 0.3 is 0 Å². The topological polar surface area (TPSA) is 98.2 Å². The molecule has 2 aromatic carbocycles. The summed E-state index contributed by atoms with van der Waals surface area (Å²) in [6, 6.07) is 9.09. The molecule has 5 N–H and O–H groups in total. The van der Waals surface area contributed by atoms with E-state index in [2.05, 4.69) is 5.32 Å². The lowest BCUT2D eigenvalue weighted by Crippen LogP contribution is -2.14. The molecule has 0 unspecified atom stereocenters. The van der Waals surface area contributed by atoms with Crippen molar-refractivity contribution < 1.29 is 9.59 Å². The fourth-order valence-electron chi connectivity index (χ4n) is 1.67.